The molecule has 0 aliphatic rings. The summed E-state index contributed by atoms with van der Waals surface area (Å²) in [7, 11) is 0. The van der Waals surface area contributed by atoms with Crippen molar-refractivity contribution in [3.63, 3.8) is 0 Å². The zero-order valence-electron chi connectivity index (χ0n) is 18.3. The summed E-state index contributed by atoms with van der Waals surface area (Å²) in [4.78, 5) is 18.6. The highest BCUT2D eigenvalue weighted by atomic mass is 16.5. The van der Waals surface area contributed by atoms with Crippen LogP contribution in [0.5, 0.6) is 5.75 Å². The molecule has 1 heterocycles. The first kappa shape index (κ1) is 20.7. The number of H-pyrrole nitrogens is 1. The number of para-hydroxylation sites is 1. The minimum absolute atomic E-state index is 0.00199. The van der Waals surface area contributed by atoms with Crippen LogP contribution in [0.15, 0.2) is 79.0 Å². The van der Waals surface area contributed by atoms with Gasteiger partial charge in [-0.15, -0.1) is 0 Å². The average Bonchev–Trinajstić information content (AvgIpc) is 3.20. The van der Waals surface area contributed by atoms with Crippen molar-refractivity contribution in [3.8, 4) is 5.75 Å². The normalized spacial score (nSPS) is 12.0. The molecule has 0 aliphatic heterocycles. The van der Waals surface area contributed by atoms with Crippen LogP contribution in [0, 0.1) is 13.8 Å². The average molecular weight is 413 g/mol. The first-order chi connectivity index (χ1) is 15.1. The Balaban J connectivity index is 1.68. The first-order valence-corrected chi connectivity index (χ1v) is 10.7. The number of aryl methyl sites for hydroxylation is 2. The Labute approximate surface area is 183 Å². The number of nitrogens with one attached hydrogen (secondary N) is 1. The number of carbonyl (C=O) groups is 1. The van der Waals surface area contributed by atoms with E-state index in [9.17, 15) is 4.79 Å². The summed E-state index contributed by atoms with van der Waals surface area (Å²) in [5.74, 6) is 0.670. The van der Waals surface area contributed by atoms with Gasteiger partial charge in [-0.25, -0.2) is 0 Å². The molecule has 0 bridgehead atoms. The lowest BCUT2D eigenvalue weighted by Crippen LogP contribution is -2.38. The van der Waals surface area contributed by atoms with Gasteiger partial charge in [0.25, 0.3) is 5.91 Å². The monoisotopic (exact) mass is 412 g/mol. The number of aromatic nitrogens is 1. The smallest absolute Gasteiger partial charge is 0.261 e. The van der Waals surface area contributed by atoms with Gasteiger partial charge in [0.15, 0.2) is 6.61 Å². The molecule has 4 heteroatoms. The van der Waals surface area contributed by atoms with Crippen LogP contribution in [-0.2, 0) is 4.79 Å². The number of carbonyl (C=O) groups excluding carboxylic acids is 1. The molecule has 0 spiro atoms. The number of aromatic amines is 1. The van der Waals surface area contributed by atoms with E-state index in [0.29, 0.717) is 12.3 Å². The minimum atomic E-state index is -0.199. The van der Waals surface area contributed by atoms with Crippen molar-refractivity contribution < 1.29 is 9.53 Å². The lowest BCUT2D eigenvalue weighted by molar-refractivity contribution is -0.134. The lowest BCUT2D eigenvalue weighted by atomic mass is 9.95. The predicted molar refractivity (Wildman–Crippen MR) is 125 cm³/mol. The largest absolute Gasteiger partial charge is 0.484 e. The quantitative estimate of drug-likeness (QED) is 0.417. The van der Waals surface area contributed by atoms with Gasteiger partial charge in [-0.2, -0.15) is 0 Å². The molecule has 4 aromatic rings. The summed E-state index contributed by atoms with van der Waals surface area (Å²) >= 11 is 0. The van der Waals surface area contributed by atoms with Crippen molar-refractivity contribution in [1.29, 1.82) is 0 Å². The molecule has 158 valence electrons. The van der Waals surface area contributed by atoms with Crippen LogP contribution in [-0.4, -0.2) is 28.9 Å². The Morgan fingerprint density at radius 3 is 2.48 bits per heavy atom. The van der Waals surface area contributed by atoms with E-state index in [0.717, 1.165) is 27.6 Å². The fourth-order valence-electron chi connectivity index (χ4n) is 4.03. The van der Waals surface area contributed by atoms with Gasteiger partial charge in [0.2, 0.25) is 0 Å². The number of hydrogen-bond acceptors (Lipinski definition) is 2. The number of amides is 1. The highest BCUT2D eigenvalue weighted by Crippen LogP contribution is 2.34. The SMILES string of the molecule is CCN(C(=O)COc1cccc(C)c1)[C@H](c1ccc(C)cc1)c1c[nH]c2ccccc12. The molecule has 0 radical (unpaired) electrons. The minimum Gasteiger partial charge on any atom is -0.484 e. The zero-order chi connectivity index (χ0) is 21.8. The Morgan fingerprint density at radius 1 is 0.968 bits per heavy atom. The maximum atomic E-state index is 13.3. The van der Waals surface area contributed by atoms with Gasteiger partial charge in [-0.3, -0.25) is 4.79 Å². The summed E-state index contributed by atoms with van der Waals surface area (Å²) in [5, 5.41) is 1.12. The summed E-state index contributed by atoms with van der Waals surface area (Å²) in [5.41, 5.74) is 5.53. The molecule has 3 aromatic carbocycles. The van der Waals surface area contributed by atoms with Gasteiger partial charge in [0, 0.05) is 29.2 Å². The standard InChI is InChI=1S/C27H28N2O2/c1-4-29(26(30)18-31-22-9-7-8-20(3)16-22)27(21-14-12-19(2)13-15-21)24-17-28-25-11-6-5-10-23(24)25/h5-17,27-28H,4,18H2,1-3H3/t27-/m1/s1. The van der Waals surface area contributed by atoms with Gasteiger partial charge in [0.05, 0.1) is 6.04 Å². The molecule has 0 unspecified atom stereocenters. The van der Waals surface area contributed by atoms with Crippen molar-refractivity contribution in [2.45, 2.75) is 26.8 Å². The van der Waals surface area contributed by atoms with Crippen LogP contribution in [0.4, 0.5) is 0 Å². The van der Waals surface area contributed by atoms with E-state index in [1.165, 1.54) is 5.56 Å². The molecular formula is C27H28N2O2. The third-order valence-electron chi connectivity index (χ3n) is 5.63. The molecule has 31 heavy (non-hydrogen) atoms. The van der Waals surface area contributed by atoms with Crippen LogP contribution in [0.1, 0.15) is 35.2 Å². The van der Waals surface area contributed by atoms with E-state index >= 15 is 0 Å². The van der Waals surface area contributed by atoms with E-state index in [1.54, 1.807) is 0 Å². The van der Waals surface area contributed by atoms with Crippen molar-refractivity contribution in [1.82, 2.24) is 9.88 Å². The molecule has 1 aromatic heterocycles. The van der Waals surface area contributed by atoms with E-state index < -0.39 is 0 Å². The second kappa shape index (κ2) is 9.09. The van der Waals surface area contributed by atoms with Crippen LogP contribution >= 0.6 is 0 Å². The van der Waals surface area contributed by atoms with Crippen LogP contribution in [0.25, 0.3) is 10.9 Å². The maximum Gasteiger partial charge on any atom is 0.261 e. The number of fused-ring (bicyclic) bond motifs is 1. The third-order valence-corrected chi connectivity index (χ3v) is 5.63. The Morgan fingerprint density at radius 2 is 1.74 bits per heavy atom. The second-order valence-corrected chi connectivity index (χ2v) is 7.89. The molecule has 1 N–H and O–H groups in total. The molecule has 0 aliphatic carbocycles. The number of benzene rings is 3. The van der Waals surface area contributed by atoms with Gasteiger partial charge in [-0.1, -0.05) is 60.2 Å². The van der Waals surface area contributed by atoms with Gasteiger partial charge in [-0.05, 0) is 50.1 Å². The van der Waals surface area contributed by atoms with Crippen molar-refractivity contribution in [2.24, 2.45) is 0 Å². The summed E-state index contributed by atoms with van der Waals surface area (Å²) in [6.45, 7) is 6.68. The fraction of sp³-hybridized carbons (Fsp3) is 0.222. The molecule has 0 saturated carbocycles. The second-order valence-electron chi connectivity index (χ2n) is 7.89. The highest BCUT2D eigenvalue weighted by Gasteiger charge is 2.28. The predicted octanol–water partition coefficient (Wildman–Crippen LogP) is 5.80. The van der Waals surface area contributed by atoms with Crippen LogP contribution < -0.4 is 4.74 Å². The molecular weight excluding hydrogens is 384 g/mol. The van der Waals surface area contributed by atoms with Crippen molar-refractivity contribution in [2.75, 3.05) is 13.2 Å². The lowest BCUT2D eigenvalue weighted by Gasteiger charge is -2.31. The zero-order valence-corrected chi connectivity index (χ0v) is 18.3. The molecule has 4 nitrogen and oxygen atoms in total. The molecule has 0 fully saturated rings. The van der Waals surface area contributed by atoms with E-state index in [-0.39, 0.29) is 18.6 Å². The van der Waals surface area contributed by atoms with Gasteiger partial charge >= 0.3 is 0 Å². The fourth-order valence-corrected chi connectivity index (χ4v) is 4.03. The number of rotatable bonds is 7. The Hall–Kier alpha value is -3.53. The van der Waals surface area contributed by atoms with E-state index in [2.05, 4.69) is 48.3 Å². The van der Waals surface area contributed by atoms with Gasteiger partial charge < -0.3 is 14.6 Å². The van der Waals surface area contributed by atoms with Crippen LogP contribution in [0.3, 0.4) is 0 Å². The number of nitrogens with zero attached hydrogens (tertiary/aromatic N) is 1. The number of ether oxygens (including phenoxy) is 1. The molecule has 0 saturated heterocycles. The first-order valence-electron chi connectivity index (χ1n) is 10.7. The van der Waals surface area contributed by atoms with Crippen molar-refractivity contribution >= 4 is 16.8 Å². The number of likely N-dealkylation sites (N-methyl/N-ethyl adjacent to an activating group) is 1. The summed E-state index contributed by atoms with van der Waals surface area (Å²) in [6.07, 6.45) is 2.02. The Bertz CT molecular complexity index is 1180. The summed E-state index contributed by atoms with van der Waals surface area (Å²) < 4.78 is 5.84. The highest BCUT2D eigenvalue weighted by molar-refractivity contribution is 5.86. The van der Waals surface area contributed by atoms with E-state index in [4.69, 9.17) is 4.74 Å². The maximum absolute atomic E-state index is 13.3. The topological polar surface area (TPSA) is 45.3 Å². The molecule has 1 amide bonds. The number of hydrogen-bond donors (Lipinski definition) is 1. The van der Waals surface area contributed by atoms with Crippen LogP contribution in [0.2, 0.25) is 0 Å². The van der Waals surface area contributed by atoms with Crippen molar-refractivity contribution in [3.05, 3.63) is 101 Å². The summed E-state index contributed by atoms with van der Waals surface area (Å²) in [6, 6.07) is 24.2. The van der Waals surface area contributed by atoms with Gasteiger partial charge in [0.1, 0.15) is 5.75 Å². The third kappa shape index (κ3) is 4.48. The molecule has 1 atom stereocenters. The van der Waals surface area contributed by atoms with E-state index in [1.807, 2.05) is 61.3 Å². The Kier molecular flexibility index (Phi) is 6.08. The molecule has 4 rings (SSSR count).